The predicted molar refractivity (Wildman–Crippen MR) is 80.9 cm³/mol. The molecule has 0 radical (unpaired) electrons. The number of nitrogens with zero attached hydrogens (tertiary/aromatic N) is 1. The Morgan fingerprint density at radius 2 is 2.20 bits per heavy atom. The average Bonchev–Trinajstić information content (AvgIpc) is 3.20. The van der Waals surface area contributed by atoms with Crippen LogP contribution in [-0.2, 0) is 4.74 Å². The first-order valence-corrected chi connectivity index (χ1v) is 8.10. The first-order valence-electron chi connectivity index (χ1n) is 7.31. The van der Waals surface area contributed by atoms with E-state index in [0.29, 0.717) is 6.04 Å². The van der Waals surface area contributed by atoms with Crippen molar-refractivity contribution in [1.82, 2.24) is 9.88 Å². The van der Waals surface area contributed by atoms with Crippen LogP contribution in [0.1, 0.15) is 49.1 Å². The molecule has 0 atom stereocenters. The molecule has 1 aliphatic heterocycles. The number of nitrogens with one attached hydrogen (secondary N) is 1. The summed E-state index contributed by atoms with van der Waals surface area (Å²) in [7, 11) is 0. The third kappa shape index (κ3) is 3.09. The summed E-state index contributed by atoms with van der Waals surface area (Å²) < 4.78 is 8.48. The van der Waals surface area contributed by atoms with Crippen LogP contribution >= 0.6 is 15.9 Å². The van der Waals surface area contributed by atoms with Crippen LogP contribution < -0.4 is 5.32 Å². The fraction of sp³-hybridized carbons (Fsp3) is 0.667. The summed E-state index contributed by atoms with van der Waals surface area (Å²) in [5, 5.41) is 3.11. The van der Waals surface area contributed by atoms with Gasteiger partial charge in [0, 0.05) is 36.5 Å². The van der Waals surface area contributed by atoms with Gasteiger partial charge in [-0.2, -0.15) is 0 Å². The van der Waals surface area contributed by atoms with Gasteiger partial charge in [0.15, 0.2) is 0 Å². The Bertz CT molecular complexity index is 502. The second-order valence-electron chi connectivity index (χ2n) is 6.29. The Morgan fingerprint density at radius 1 is 1.50 bits per heavy atom. The fourth-order valence-electron chi connectivity index (χ4n) is 2.71. The lowest BCUT2D eigenvalue weighted by Crippen LogP contribution is -2.39. The molecule has 2 heterocycles. The number of hydrogen-bond donors (Lipinski definition) is 1. The number of rotatable bonds is 4. The second-order valence-corrected chi connectivity index (χ2v) is 7.20. The molecule has 5 heteroatoms. The summed E-state index contributed by atoms with van der Waals surface area (Å²) in [6.07, 6.45) is 6.40. The molecule has 2 aliphatic rings. The zero-order valence-electron chi connectivity index (χ0n) is 11.8. The summed E-state index contributed by atoms with van der Waals surface area (Å²) in [6.45, 7) is 4.56. The molecule has 1 saturated carbocycles. The monoisotopic (exact) mass is 340 g/mol. The van der Waals surface area contributed by atoms with Crippen molar-refractivity contribution in [3.05, 3.63) is 22.4 Å². The molecular weight excluding hydrogens is 320 g/mol. The van der Waals surface area contributed by atoms with Gasteiger partial charge < -0.3 is 14.6 Å². The lowest BCUT2D eigenvalue weighted by atomic mass is 9.82. The Labute approximate surface area is 128 Å². The van der Waals surface area contributed by atoms with Gasteiger partial charge in [0.25, 0.3) is 5.91 Å². The van der Waals surface area contributed by atoms with E-state index in [1.165, 1.54) is 12.8 Å². The zero-order valence-corrected chi connectivity index (χ0v) is 13.4. The van der Waals surface area contributed by atoms with Crippen LogP contribution in [-0.4, -0.2) is 30.2 Å². The summed E-state index contributed by atoms with van der Waals surface area (Å²) in [5.74, 6) is 0.0373. The minimum absolute atomic E-state index is 0.0373. The summed E-state index contributed by atoms with van der Waals surface area (Å²) in [5.41, 5.74) is 0.942. The summed E-state index contributed by atoms with van der Waals surface area (Å²) >= 11 is 3.47. The van der Waals surface area contributed by atoms with Crippen molar-refractivity contribution in [2.75, 3.05) is 19.8 Å². The number of aromatic nitrogens is 1. The Kier molecular flexibility index (Phi) is 3.91. The number of hydrogen-bond acceptors (Lipinski definition) is 2. The van der Waals surface area contributed by atoms with Crippen LogP contribution in [0.3, 0.4) is 0 Å². The average molecular weight is 341 g/mol. The quantitative estimate of drug-likeness (QED) is 0.914. The van der Waals surface area contributed by atoms with Gasteiger partial charge in [-0.05, 0) is 53.1 Å². The molecule has 0 spiro atoms. The molecule has 1 aromatic rings. The number of carbonyl (C=O) groups excluding carboxylic acids is 1. The van der Waals surface area contributed by atoms with E-state index in [1.54, 1.807) is 0 Å². The maximum atomic E-state index is 12.4. The van der Waals surface area contributed by atoms with Crippen molar-refractivity contribution in [1.29, 1.82) is 0 Å². The number of carbonyl (C=O) groups is 1. The molecular formula is C15H21BrN2O2. The first-order chi connectivity index (χ1) is 9.57. The first kappa shape index (κ1) is 14.1. The lowest BCUT2D eigenvalue weighted by molar-refractivity contribution is 0.0238. The van der Waals surface area contributed by atoms with Crippen LogP contribution in [0.2, 0.25) is 0 Å². The van der Waals surface area contributed by atoms with Crippen molar-refractivity contribution < 1.29 is 9.53 Å². The molecule has 110 valence electrons. The normalized spacial score (nSPS) is 21.7. The van der Waals surface area contributed by atoms with Gasteiger partial charge in [-0.15, -0.1) is 0 Å². The highest BCUT2D eigenvalue weighted by Gasteiger charge is 2.30. The summed E-state index contributed by atoms with van der Waals surface area (Å²) in [4.78, 5) is 12.4. The number of halogens is 1. The highest BCUT2D eigenvalue weighted by atomic mass is 79.9. The topological polar surface area (TPSA) is 43.3 Å². The smallest absolute Gasteiger partial charge is 0.267 e. The molecule has 2 fully saturated rings. The van der Waals surface area contributed by atoms with Crippen molar-refractivity contribution in [2.24, 2.45) is 5.41 Å². The SMILES string of the molecule is CC1(CNC(=O)c2cc(Br)cn2C2CC2)CCOCC1. The van der Waals surface area contributed by atoms with Crippen LogP contribution in [0.15, 0.2) is 16.7 Å². The largest absolute Gasteiger partial charge is 0.381 e. The maximum Gasteiger partial charge on any atom is 0.267 e. The van der Waals surface area contributed by atoms with Gasteiger partial charge in [0.2, 0.25) is 0 Å². The predicted octanol–water partition coefficient (Wildman–Crippen LogP) is 3.13. The second kappa shape index (κ2) is 5.53. The van der Waals surface area contributed by atoms with E-state index in [0.717, 1.165) is 42.8 Å². The molecule has 1 aromatic heterocycles. The molecule has 0 bridgehead atoms. The lowest BCUT2D eigenvalue weighted by Gasteiger charge is -2.33. The molecule has 1 aliphatic carbocycles. The third-order valence-electron chi connectivity index (χ3n) is 4.36. The zero-order chi connectivity index (χ0) is 14.2. The van der Waals surface area contributed by atoms with E-state index in [9.17, 15) is 4.79 Å². The fourth-order valence-corrected chi connectivity index (χ4v) is 3.15. The maximum absolute atomic E-state index is 12.4. The Hall–Kier alpha value is -0.810. The van der Waals surface area contributed by atoms with E-state index in [2.05, 4.69) is 32.7 Å². The summed E-state index contributed by atoms with van der Waals surface area (Å²) in [6, 6.07) is 2.43. The Morgan fingerprint density at radius 3 is 2.85 bits per heavy atom. The van der Waals surface area contributed by atoms with Crippen molar-refractivity contribution in [3.63, 3.8) is 0 Å². The van der Waals surface area contributed by atoms with Crippen molar-refractivity contribution in [3.8, 4) is 0 Å². The van der Waals surface area contributed by atoms with Gasteiger partial charge in [-0.25, -0.2) is 0 Å². The van der Waals surface area contributed by atoms with Crippen molar-refractivity contribution in [2.45, 2.75) is 38.6 Å². The highest BCUT2D eigenvalue weighted by molar-refractivity contribution is 9.10. The standard InChI is InChI=1S/C15H21BrN2O2/c1-15(4-6-20-7-5-15)10-17-14(19)13-8-11(16)9-18(13)12-2-3-12/h8-9,12H,2-7,10H2,1H3,(H,17,19). The Balaban J connectivity index is 1.64. The van der Waals surface area contributed by atoms with Crippen LogP contribution in [0.5, 0.6) is 0 Å². The molecule has 1 saturated heterocycles. The van der Waals surface area contributed by atoms with Gasteiger partial charge in [-0.3, -0.25) is 4.79 Å². The minimum atomic E-state index is 0.0373. The van der Waals surface area contributed by atoms with E-state index >= 15 is 0 Å². The molecule has 20 heavy (non-hydrogen) atoms. The minimum Gasteiger partial charge on any atom is -0.381 e. The molecule has 3 rings (SSSR count). The number of amides is 1. The number of ether oxygens (including phenoxy) is 1. The molecule has 0 unspecified atom stereocenters. The van der Waals surface area contributed by atoms with Gasteiger partial charge in [-0.1, -0.05) is 6.92 Å². The van der Waals surface area contributed by atoms with Crippen LogP contribution in [0, 0.1) is 5.41 Å². The molecule has 1 amide bonds. The van der Waals surface area contributed by atoms with Crippen LogP contribution in [0.4, 0.5) is 0 Å². The van der Waals surface area contributed by atoms with E-state index < -0.39 is 0 Å². The molecule has 0 aromatic carbocycles. The van der Waals surface area contributed by atoms with Gasteiger partial charge in [0.05, 0.1) is 0 Å². The van der Waals surface area contributed by atoms with Gasteiger partial charge in [0.1, 0.15) is 5.69 Å². The highest BCUT2D eigenvalue weighted by Crippen LogP contribution is 2.37. The van der Waals surface area contributed by atoms with Crippen LogP contribution in [0.25, 0.3) is 0 Å². The molecule has 1 N–H and O–H groups in total. The van der Waals surface area contributed by atoms with E-state index in [1.807, 2.05) is 12.3 Å². The van der Waals surface area contributed by atoms with Gasteiger partial charge >= 0.3 is 0 Å². The van der Waals surface area contributed by atoms with E-state index in [-0.39, 0.29) is 11.3 Å². The molecule has 4 nitrogen and oxygen atoms in total. The third-order valence-corrected chi connectivity index (χ3v) is 4.80. The van der Waals surface area contributed by atoms with Crippen molar-refractivity contribution >= 4 is 21.8 Å². The van der Waals surface area contributed by atoms with E-state index in [4.69, 9.17) is 4.74 Å².